The molecule has 12 aromatic carbocycles. The van der Waals surface area contributed by atoms with Crippen molar-refractivity contribution in [3.63, 3.8) is 0 Å². The molecule has 2 aliphatic heterocycles. The van der Waals surface area contributed by atoms with E-state index in [-0.39, 0.29) is 0 Å². The number of benzene rings is 12. The van der Waals surface area contributed by atoms with E-state index in [4.69, 9.17) is 0 Å². The summed E-state index contributed by atoms with van der Waals surface area (Å²) in [4.78, 5) is 5.07. The van der Waals surface area contributed by atoms with Gasteiger partial charge in [0.05, 0.1) is 0 Å². The van der Waals surface area contributed by atoms with Gasteiger partial charge in [-0.2, -0.15) is 0 Å². The number of hydrogen-bond donors (Lipinski definition) is 0. The van der Waals surface area contributed by atoms with Crippen LogP contribution in [0, 0.1) is 0 Å². The Labute approximate surface area is 423 Å². The van der Waals surface area contributed by atoms with Crippen LogP contribution in [0.1, 0.15) is 0 Å². The van der Waals surface area contributed by atoms with Crippen molar-refractivity contribution in [3.8, 4) is 33.4 Å². The Balaban J connectivity index is 1.07. The molecule has 0 fully saturated rings. The van der Waals surface area contributed by atoms with Gasteiger partial charge in [0.25, 0.3) is 0 Å². The van der Waals surface area contributed by atoms with Gasteiger partial charge in [0.1, 0.15) is 16.1 Å². The van der Waals surface area contributed by atoms with Crippen LogP contribution in [0.25, 0.3) is 76.5 Å². The van der Waals surface area contributed by atoms with Crippen LogP contribution >= 0.6 is 0 Å². The molecular weight excluding hydrogens is 901 g/mol. The van der Waals surface area contributed by atoms with Crippen LogP contribution < -0.4 is 30.5 Å². The monoisotopic (exact) mass is 952 g/mol. The molecule has 0 aromatic heterocycles. The number of para-hydroxylation sites is 4. The molecule has 0 atom stereocenters. The Hall–Kier alpha value is -8.29. The highest BCUT2D eigenvalue weighted by Crippen LogP contribution is 2.50. The highest BCUT2D eigenvalue weighted by molar-refractivity contribution is 7.03. The molecule has 0 aliphatic carbocycles. The Morgan fingerprint density at radius 1 is 0.250 bits per heavy atom. The van der Waals surface area contributed by atoms with Gasteiger partial charge in [-0.25, -0.2) is 0 Å². The molecular formula is C68H52N2Si2. The molecule has 0 saturated heterocycles. The molecule has 4 heteroatoms. The van der Waals surface area contributed by atoms with Gasteiger partial charge in [0, 0.05) is 34.1 Å². The zero-order chi connectivity index (χ0) is 48.3. The number of hydrogen-bond acceptors (Lipinski definition) is 2. The third-order valence-corrected chi connectivity index (χ3v) is 23.2. The van der Waals surface area contributed by atoms with Crippen LogP contribution in [-0.2, 0) is 0 Å². The normalized spacial score (nSPS) is 14.3. The van der Waals surface area contributed by atoms with Crippen LogP contribution in [0.3, 0.4) is 0 Å². The second kappa shape index (κ2) is 16.1. The van der Waals surface area contributed by atoms with Gasteiger partial charge in [-0.3, -0.25) is 0 Å². The molecule has 2 aliphatic rings. The first kappa shape index (κ1) is 42.6. The van der Waals surface area contributed by atoms with E-state index in [1.54, 1.807) is 0 Å². The molecule has 14 rings (SSSR count). The Bertz CT molecular complexity index is 4090. The van der Waals surface area contributed by atoms with Gasteiger partial charge < -0.3 is 9.80 Å². The van der Waals surface area contributed by atoms with E-state index < -0.39 is 16.1 Å². The molecule has 0 radical (unpaired) electrons. The van der Waals surface area contributed by atoms with Gasteiger partial charge >= 0.3 is 0 Å². The van der Waals surface area contributed by atoms with E-state index in [0.717, 1.165) is 11.4 Å². The molecule has 0 N–H and O–H groups in total. The van der Waals surface area contributed by atoms with E-state index in [2.05, 4.69) is 279 Å². The quantitative estimate of drug-likeness (QED) is 0.125. The maximum Gasteiger partial charge on any atom is 0.117 e. The van der Waals surface area contributed by atoms with Crippen molar-refractivity contribution in [3.05, 3.63) is 243 Å². The summed E-state index contributed by atoms with van der Waals surface area (Å²) in [5, 5.41) is 15.7. The molecule has 12 aromatic rings. The van der Waals surface area contributed by atoms with Crippen molar-refractivity contribution in [2.24, 2.45) is 0 Å². The van der Waals surface area contributed by atoms with Crippen molar-refractivity contribution in [1.29, 1.82) is 0 Å². The fraction of sp³-hybridized carbons (Fsp3) is 0.0588. The molecule has 342 valence electrons. The average Bonchev–Trinajstić information content (AvgIpc) is 3.42. The fourth-order valence-corrected chi connectivity index (χ4v) is 18.5. The second-order valence-electron chi connectivity index (χ2n) is 20.9. The summed E-state index contributed by atoms with van der Waals surface area (Å²) in [6.45, 7) is 10.0. The summed E-state index contributed by atoms with van der Waals surface area (Å²) in [6, 6.07) is 91.8. The molecule has 0 bridgehead atoms. The lowest BCUT2D eigenvalue weighted by Gasteiger charge is -2.41. The largest absolute Gasteiger partial charge is 0.311 e. The summed E-state index contributed by atoms with van der Waals surface area (Å²) in [5.41, 5.74) is 14.8. The lowest BCUT2D eigenvalue weighted by Crippen LogP contribution is -2.58. The second-order valence-corrected chi connectivity index (χ2v) is 29.6. The van der Waals surface area contributed by atoms with Crippen LogP contribution in [0.15, 0.2) is 243 Å². The molecule has 2 heterocycles. The SMILES string of the molecule is C[Si]1(C)c2ccccc2N(c2ccc3c(-c4ccc5ccccc5c4)c4cc(N5c6ccccc6[Si](C)(C)c6ccccc65)ccc4c(-c4ccc(-c5ccc6ccccc6c5)cc4)c3c2)c2ccccc21. The molecule has 0 spiro atoms. The van der Waals surface area contributed by atoms with E-state index >= 15 is 0 Å². The summed E-state index contributed by atoms with van der Waals surface area (Å²) >= 11 is 0. The Morgan fingerprint density at radius 3 is 1.03 bits per heavy atom. The molecule has 2 nitrogen and oxygen atoms in total. The third-order valence-electron chi connectivity index (χ3n) is 16.2. The lowest BCUT2D eigenvalue weighted by molar-refractivity contribution is 1.29. The van der Waals surface area contributed by atoms with E-state index in [0.29, 0.717) is 0 Å². The first-order valence-electron chi connectivity index (χ1n) is 25.3. The van der Waals surface area contributed by atoms with Crippen LogP contribution in [0.4, 0.5) is 34.1 Å². The average molecular weight is 953 g/mol. The van der Waals surface area contributed by atoms with Gasteiger partial charge in [0.15, 0.2) is 0 Å². The Kier molecular flexibility index (Phi) is 9.54. The highest BCUT2D eigenvalue weighted by Gasteiger charge is 2.40. The van der Waals surface area contributed by atoms with Crippen LogP contribution in [0.5, 0.6) is 0 Å². The smallest absolute Gasteiger partial charge is 0.117 e. The zero-order valence-electron chi connectivity index (χ0n) is 41.0. The highest BCUT2D eigenvalue weighted by atomic mass is 28.3. The fourth-order valence-electron chi connectivity index (χ4n) is 12.5. The first-order valence-corrected chi connectivity index (χ1v) is 31.3. The summed E-state index contributed by atoms with van der Waals surface area (Å²) in [7, 11) is -4.00. The minimum atomic E-state index is -2.00. The number of rotatable bonds is 5. The molecule has 0 amide bonds. The predicted molar refractivity (Wildman–Crippen MR) is 316 cm³/mol. The summed E-state index contributed by atoms with van der Waals surface area (Å²) < 4.78 is 0. The van der Waals surface area contributed by atoms with Gasteiger partial charge in [-0.1, -0.05) is 208 Å². The molecule has 72 heavy (non-hydrogen) atoms. The minimum absolute atomic E-state index is 1.16. The van der Waals surface area contributed by atoms with Crippen molar-refractivity contribution >= 4 is 114 Å². The summed E-state index contributed by atoms with van der Waals surface area (Å²) in [6.07, 6.45) is 0. The van der Waals surface area contributed by atoms with Gasteiger partial charge in [0.2, 0.25) is 0 Å². The first-order chi connectivity index (χ1) is 35.2. The van der Waals surface area contributed by atoms with Crippen molar-refractivity contribution in [2.45, 2.75) is 26.2 Å². The van der Waals surface area contributed by atoms with Crippen LogP contribution in [-0.4, -0.2) is 16.1 Å². The van der Waals surface area contributed by atoms with Crippen LogP contribution in [0.2, 0.25) is 26.2 Å². The van der Waals surface area contributed by atoms with E-state index in [1.165, 1.54) is 120 Å². The van der Waals surface area contributed by atoms with Gasteiger partial charge in [-0.05, 0) is 158 Å². The van der Waals surface area contributed by atoms with Crippen molar-refractivity contribution in [2.75, 3.05) is 9.80 Å². The van der Waals surface area contributed by atoms with E-state index in [1.807, 2.05) is 0 Å². The van der Waals surface area contributed by atoms with E-state index in [9.17, 15) is 0 Å². The lowest BCUT2D eigenvalue weighted by atomic mass is 9.84. The van der Waals surface area contributed by atoms with Crippen molar-refractivity contribution < 1.29 is 0 Å². The Morgan fingerprint density at radius 2 is 0.583 bits per heavy atom. The summed E-state index contributed by atoms with van der Waals surface area (Å²) in [5.74, 6) is 0. The maximum absolute atomic E-state index is 2.54. The zero-order valence-corrected chi connectivity index (χ0v) is 43.0. The standard InChI is InChI=1S/C68H52N2Si2/c1-71(2)63-25-13-9-21-59(63)69(60-22-10-14-26-64(60)71)53-38-40-56-57(43-53)67(48-33-29-47(30-34-48)51-35-31-45-17-5-7-19-49(45)41-51)55-39-37-54(44-58(55)68(56)52-36-32-46-18-6-8-20-50(46)42-52)70-61-23-11-15-27-65(61)72(3,4)66-28-16-12-24-62(66)70/h5-44H,1-4H3. The number of anilines is 6. The topological polar surface area (TPSA) is 6.48 Å². The molecule has 0 unspecified atom stereocenters. The minimum Gasteiger partial charge on any atom is -0.311 e. The maximum atomic E-state index is 2.54. The predicted octanol–water partition coefficient (Wildman–Crippen LogP) is 16.5. The number of nitrogens with zero attached hydrogens (tertiary/aromatic N) is 2. The third kappa shape index (κ3) is 6.46. The van der Waals surface area contributed by atoms with Crippen molar-refractivity contribution in [1.82, 2.24) is 0 Å². The van der Waals surface area contributed by atoms with Gasteiger partial charge in [-0.15, -0.1) is 0 Å². The number of fused-ring (bicyclic) bond motifs is 8. The molecule has 0 saturated carbocycles.